The van der Waals surface area contributed by atoms with Crippen LogP contribution >= 0.6 is 15.9 Å². The third-order valence-corrected chi connectivity index (χ3v) is 6.05. The Hall–Kier alpha value is -2.44. The maximum absolute atomic E-state index is 13.5. The highest BCUT2D eigenvalue weighted by atomic mass is 79.9. The smallest absolute Gasteiger partial charge is 0.282 e. The molecule has 0 radical (unpaired) electrons. The standard InChI is InChI=1S/C23H23BrN2O3/c1-15-7-9-17(10-8-15)20-21(25-11-3-4-16(13-25)14-27)23(29)26(22(20)28)19-6-2-5-18(24)12-19/h2,5-10,12,16,27H,3-4,11,13-14H2,1H3. The molecule has 5 nitrogen and oxygen atoms in total. The lowest BCUT2D eigenvalue weighted by molar-refractivity contribution is -0.120. The van der Waals surface area contributed by atoms with E-state index in [0.717, 1.165) is 28.4 Å². The molecule has 2 amide bonds. The summed E-state index contributed by atoms with van der Waals surface area (Å²) in [6.07, 6.45) is 1.81. The minimum absolute atomic E-state index is 0.0845. The number of imide groups is 1. The molecule has 2 aliphatic rings. The van der Waals surface area contributed by atoms with Gasteiger partial charge in [0.2, 0.25) is 0 Å². The Morgan fingerprint density at radius 3 is 2.55 bits per heavy atom. The average Bonchev–Trinajstić information content (AvgIpc) is 2.99. The highest BCUT2D eigenvalue weighted by Crippen LogP contribution is 2.37. The van der Waals surface area contributed by atoms with E-state index in [2.05, 4.69) is 15.9 Å². The second-order valence-electron chi connectivity index (χ2n) is 7.65. The number of hydrogen-bond donors (Lipinski definition) is 1. The van der Waals surface area contributed by atoms with Crippen LogP contribution in [0.1, 0.15) is 24.0 Å². The van der Waals surface area contributed by atoms with Crippen LogP contribution < -0.4 is 4.90 Å². The van der Waals surface area contributed by atoms with Crippen LogP contribution in [0.3, 0.4) is 0 Å². The van der Waals surface area contributed by atoms with Gasteiger partial charge in [-0.1, -0.05) is 51.8 Å². The van der Waals surface area contributed by atoms with E-state index in [1.165, 1.54) is 4.90 Å². The summed E-state index contributed by atoms with van der Waals surface area (Å²) in [5.74, 6) is -0.501. The van der Waals surface area contributed by atoms with E-state index in [9.17, 15) is 14.7 Å². The van der Waals surface area contributed by atoms with Gasteiger partial charge in [-0.05, 0) is 49.4 Å². The van der Waals surface area contributed by atoms with E-state index in [4.69, 9.17) is 0 Å². The van der Waals surface area contributed by atoms with Crippen molar-refractivity contribution in [3.05, 3.63) is 69.8 Å². The number of amides is 2. The van der Waals surface area contributed by atoms with E-state index in [0.29, 0.717) is 30.0 Å². The molecule has 0 saturated carbocycles. The minimum atomic E-state index is -0.307. The van der Waals surface area contributed by atoms with Crippen molar-refractivity contribution in [2.45, 2.75) is 19.8 Å². The van der Waals surface area contributed by atoms with Crippen LogP contribution in [0.25, 0.3) is 5.57 Å². The predicted molar refractivity (Wildman–Crippen MR) is 116 cm³/mol. The first-order valence-electron chi connectivity index (χ1n) is 9.81. The molecule has 1 saturated heterocycles. The molecule has 2 aromatic rings. The van der Waals surface area contributed by atoms with Crippen molar-refractivity contribution < 1.29 is 14.7 Å². The number of benzene rings is 2. The van der Waals surface area contributed by atoms with Gasteiger partial charge in [0.25, 0.3) is 11.8 Å². The molecule has 0 spiro atoms. The highest BCUT2D eigenvalue weighted by molar-refractivity contribution is 9.10. The molecule has 0 aromatic heterocycles. The lowest BCUT2D eigenvalue weighted by Crippen LogP contribution is -2.40. The molecule has 2 aromatic carbocycles. The van der Waals surface area contributed by atoms with E-state index in [-0.39, 0.29) is 24.3 Å². The van der Waals surface area contributed by atoms with Gasteiger partial charge in [0, 0.05) is 24.2 Å². The van der Waals surface area contributed by atoms with Crippen LogP contribution in [0.5, 0.6) is 0 Å². The fourth-order valence-electron chi connectivity index (χ4n) is 4.06. The molecular weight excluding hydrogens is 432 g/mol. The van der Waals surface area contributed by atoms with Crippen LogP contribution in [0.2, 0.25) is 0 Å². The van der Waals surface area contributed by atoms with Crippen molar-refractivity contribution in [3.63, 3.8) is 0 Å². The number of aryl methyl sites for hydroxylation is 1. The lowest BCUT2D eigenvalue weighted by atomic mass is 9.96. The van der Waals surface area contributed by atoms with Crippen LogP contribution in [-0.4, -0.2) is 41.5 Å². The van der Waals surface area contributed by atoms with Gasteiger partial charge in [0.15, 0.2) is 0 Å². The van der Waals surface area contributed by atoms with Gasteiger partial charge in [-0.3, -0.25) is 9.59 Å². The van der Waals surface area contributed by atoms with Crippen molar-refractivity contribution in [1.82, 2.24) is 4.90 Å². The average molecular weight is 455 g/mol. The van der Waals surface area contributed by atoms with Crippen LogP contribution in [0, 0.1) is 12.8 Å². The molecule has 4 rings (SSSR count). The van der Waals surface area contributed by atoms with Gasteiger partial charge in [-0.2, -0.15) is 0 Å². The molecule has 2 aliphatic heterocycles. The number of hydrogen-bond acceptors (Lipinski definition) is 4. The maximum Gasteiger partial charge on any atom is 0.282 e. The number of piperidine rings is 1. The number of aliphatic hydroxyl groups excluding tert-OH is 1. The summed E-state index contributed by atoms with van der Waals surface area (Å²) in [6, 6.07) is 14.9. The number of anilines is 1. The fourth-order valence-corrected chi connectivity index (χ4v) is 4.45. The van der Waals surface area contributed by atoms with E-state index in [1.807, 2.05) is 48.2 Å². The monoisotopic (exact) mass is 454 g/mol. The Labute approximate surface area is 178 Å². The van der Waals surface area contributed by atoms with Crippen molar-refractivity contribution in [2.24, 2.45) is 5.92 Å². The normalized spacial score (nSPS) is 20.0. The first-order valence-corrected chi connectivity index (χ1v) is 10.6. The summed E-state index contributed by atoms with van der Waals surface area (Å²) >= 11 is 3.42. The van der Waals surface area contributed by atoms with Gasteiger partial charge < -0.3 is 10.0 Å². The molecule has 1 N–H and O–H groups in total. The van der Waals surface area contributed by atoms with Gasteiger partial charge in [-0.15, -0.1) is 0 Å². The molecule has 29 heavy (non-hydrogen) atoms. The number of carbonyl (C=O) groups excluding carboxylic acids is 2. The Balaban J connectivity index is 1.82. The summed E-state index contributed by atoms with van der Waals surface area (Å²) in [5.41, 5.74) is 3.26. The number of halogens is 1. The van der Waals surface area contributed by atoms with Gasteiger partial charge >= 0.3 is 0 Å². The van der Waals surface area contributed by atoms with Crippen LogP contribution in [0.15, 0.2) is 58.7 Å². The van der Waals surface area contributed by atoms with Crippen LogP contribution in [0.4, 0.5) is 5.69 Å². The molecular formula is C23H23BrN2O3. The molecule has 6 heteroatoms. The zero-order valence-corrected chi connectivity index (χ0v) is 17.9. The van der Waals surface area contributed by atoms with E-state index in [1.54, 1.807) is 12.1 Å². The molecule has 1 fully saturated rings. The lowest BCUT2D eigenvalue weighted by Gasteiger charge is -2.34. The number of nitrogens with zero attached hydrogens (tertiary/aromatic N) is 2. The van der Waals surface area contributed by atoms with Crippen molar-refractivity contribution in [3.8, 4) is 0 Å². The summed E-state index contributed by atoms with van der Waals surface area (Å²) in [7, 11) is 0. The number of likely N-dealkylation sites (tertiary alicyclic amines) is 1. The quantitative estimate of drug-likeness (QED) is 0.714. The predicted octanol–water partition coefficient (Wildman–Crippen LogP) is 3.75. The molecule has 1 unspecified atom stereocenters. The van der Waals surface area contributed by atoms with Gasteiger partial charge in [0.1, 0.15) is 5.70 Å². The van der Waals surface area contributed by atoms with Crippen molar-refractivity contribution >= 4 is 39.0 Å². The third kappa shape index (κ3) is 3.74. The Bertz CT molecular complexity index is 984. The Morgan fingerprint density at radius 2 is 1.86 bits per heavy atom. The molecule has 0 bridgehead atoms. The highest BCUT2D eigenvalue weighted by Gasteiger charge is 2.43. The molecule has 2 heterocycles. The Morgan fingerprint density at radius 1 is 1.10 bits per heavy atom. The van der Waals surface area contributed by atoms with Crippen molar-refractivity contribution in [2.75, 3.05) is 24.6 Å². The van der Waals surface area contributed by atoms with Gasteiger partial charge in [-0.25, -0.2) is 4.90 Å². The molecule has 0 aliphatic carbocycles. The molecule has 1 atom stereocenters. The zero-order chi connectivity index (χ0) is 20.5. The SMILES string of the molecule is Cc1ccc(C2=C(N3CCCC(CO)C3)C(=O)N(c3cccc(Br)c3)C2=O)cc1. The Kier molecular flexibility index (Phi) is 5.56. The summed E-state index contributed by atoms with van der Waals surface area (Å²) < 4.78 is 0.805. The van der Waals surface area contributed by atoms with E-state index >= 15 is 0 Å². The number of carbonyl (C=O) groups is 2. The summed E-state index contributed by atoms with van der Waals surface area (Å²) in [5, 5.41) is 9.63. The second kappa shape index (κ2) is 8.13. The first kappa shape index (κ1) is 19.9. The zero-order valence-electron chi connectivity index (χ0n) is 16.3. The minimum Gasteiger partial charge on any atom is -0.396 e. The second-order valence-corrected chi connectivity index (χ2v) is 8.57. The number of rotatable bonds is 4. The summed E-state index contributed by atoms with van der Waals surface area (Å²) in [6.45, 7) is 3.35. The number of aliphatic hydroxyl groups is 1. The third-order valence-electron chi connectivity index (χ3n) is 5.56. The fraction of sp³-hybridized carbons (Fsp3) is 0.304. The van der Waals surface area contributed by atoms with E-state index < -0.39 is 0 Å². The largest absolute Gasteiger partial charge is 0.396 e. The van der Waals surface area contributed by atoms with Crippen molar-refractivity contribution in [1.29, 1.82) is 0 Å². The maximum atomic E-state index is 13.5. The van der Waals surface area contributed by atoms with Gasteiger partial charge in [0.05, 0.1) is 11.3 Å². The topological polar surface area (TPSA) is 60.9 Å². The first-order chi connectivity index (χ1) is 14.0. The summed E-state index contributed by atoms with van der Waals surface area (Å²) in [4.78, 5) is 30.2. The van der Waals surface area contributed by atoms with Crippen LogP contribution in [-0.2, 0) is 9.59 Å². The molecule has 150 valence electrons.